The minimum atomic E-state index is -0.637. The molecule has 1 atom stereocenters. The first kappa shape index (κ1) is 13.0. The van der Waals surface area contributed by atoms with Gasteiger partial charge in [0, 0.05) is 6.07 Å². The third-order valence-corrected chi connectivity index (χ3v) is 3.27. The SMILES string of the molecule is C[C@H](c1ccccc1)n1nc(F)cc1C(=O)CBr. The maximum atomic E-state index is 13.3. The highest BCUT2D eigenvalue weighted by Gasteiger charge is 2.19. The summed E-state index contributed by atoms with van der Waals surface area (Å²) in [5.41, 5.74) is 1.25. The first-order valence-corrected chi connectivity index (χ1v) is 6.64. The van der Waals surface area contributed by atoms with Crippen LogP contribution in [0.25, 0.3) is 0 Å². The van der Waals surface area contributed by atoms with Gasteiger partial charge in [0.1, 0.15) is 5.69 Å². The van der Waals surface area contributed by atoms with Crippen molar-refractivity contribution in [1.29, 1.82) is 0 Å². The number of rotatable bonds is 4. The van der Waals surface area contributed by atoms with Gasteiger partial charge in [0.25, 0.3) is 0 Å². The normalized spacial score (nSPS) is 12.4. The van der Waals surface area contributed by atoms with Crippen LogP contribution in [-0.2, 0) is 0 Å². The molecule has 1 aromatic carbocycles. The lowest BCUT2D eigenvalue weighted by Crippen LogP contribution is -2.16. The summed E-state index contributed by atoms with van der Waals surface area (Å²) in [5.74, 6) is -0.823. The molecule has 0 saturated carbocycles. The van der Waals surface area contributed by atoms with Crippen molar-refractivity contribution >= 4 is 21.7 Å². The standard InChI is InChI=1S/C13H12BrFN2O/c1-9(10-5-3-2-4-6-10)17-11(12(18)8-14)7-13(15)16-17/h2-7,9H,8H2,1H3/t9-/m1/s1. The van der Waals surface area contributed by atoms with Crippen molar-refractivity contribution in [3.63, 3.8) is 0 Å². The van der Waals surface area contributed by atoms with Gasteiger partial charge in [-0.05, 0) is 12.5 Å². The van der Waals surface area contributed by atoms with Gasteiger partial charge < -0.3 is 0 Å². The molecule has 94 valence electrons. The monoisotopic (exact) mass is 310 g/mol. The highest BCUT2D eigenvalue weighted by molar-refractivity contribution is 9.09. The van der Waals surface area contributed by atoms with E-state index in [1.165, 1.54) is 10.7 Å². The van der Waals surface area contributed by atoms with E-state index in [2.05, 4.69) is 21.0 Å². The lowest BCUT2D eigenvalue weighted by molar-refractivity contribution is 0.101. The fourth-order valence-corrected chi connectivity index (χ4v) is 2.10. The summed E-state index contributed by atoms with van der Waals surface area (Å²) in [6.45, 7) is 1.88. The molecule has 0 radical (unpaired) electrons. The van der Waals surface area contributed by atoms with Gasteiger partial charge in [0.15, 0.2) is 5.78 Å². The van der Waals surface area contributed by atoms with E-state index in [1.54, 1.807) is 0 Å². The van der Waals surface area contributed by atoms with Gasteiger partial charge in [0.2, 0.25) is 5.95 Å². The third-order valence-electron chi connectivity index (χ3n) is 2.76. The molecule has 2 aromatic rings. The van der Waals surface area contributed by atoms with E-state index in [-0.39, 0.29) is 22.8 Å². The van der Waals surface area contributed by atoms with Gasteiger partial charge in [-0.15, -0.1) is 5.10 Å². The maximum absolute atomic E-state index is 13.3. The van der Waals surface area contributed by atoms with Gasteiger partial charge in [0.05, 0.1) is 11.4 Å². The number of carbonyl (C=O) groups is 1. The van der Waals surface area contributed by atoms with Crippen LogP contribution < -0.4 is 0 Å². The molecule has 0 N–H and O–H groups in total. The summed E-state index contributed by atoms with van der Waals surface area (Å²) in [6, 6.07) is 10.5. The van der Waals surface area contributed by atoms with Crippen molar-refractivity contribution in [2.45, 2.75) is 13.0 Å². The molecule has 0 unspecified atom stereocenters. The van der Waals surface area contributed by atoms with E-state index >= 15 is 0 Å². The number of hydrogen-bond donors (Lipinski definition) is 0. The van der Waals surface area contributed by atoms with Crippen molar-refractivity contribution in [2.75, 3.05) is 5.33 Å². The number of aromatic nitrogens is 2. The summed E-state index contributed by atoms with van der Waals surface area (Å²) < 4.78 is 14.7. The Morgan fingerprint density at radius 1 is 1.44 bits per heavy atom. The molecule has 0 aliphatic heterocycles. The Balaban J connectivity index is 2.42. The average Bonchev–Trinajstić information content (AvgIpc) is 2.80. The zero-order valence-electron chi connectivity index (χ0n) is 9.81. The number of nitrogens with zero attached hydrogens (tertiary/aromatic N) is 2. The van der Waals surface area contributed by atoms with Crippen molar-refractivity contribution in [2.24, 2.45) is 0 Å². The second-order valence-electron chi connectivity index (χ2n) is 3.94. The largest absolute Gasteiger partial charge is 0.292 e. The molecule has 2 rings (SSSR count). The number of halogens is 2. The van der Waals surface area contributed by atoms with Crippen LogP contribution in [0, 0.1) is 5.95 Å². The Morgan fingerprint density at radius 2 is 2.11 bits per heavy atom. The molecule has 5 heteroatoms. The van der Waals surface area contributed by atoms with Crippen LogP contribution in [0.4, 0.5) is 4.39 Å². The molecule has 1 heterocycles. The van der Waals surface area contributed by atoms with Crippen LogP contribution in [0.15, 0.2) is 36.4 Å². The minimum absolute atomic E-state index is 0.152. The lowest BCUT2D eigenvalue weighted by atomic mass is 10.1. The second kappa shape index (κ2) is 5.44. The zero-order chi connectivity index (χ0) is 13.1. The number of carbonyl (C=O) groups excluding carboxylic acids is 1. The van der Waals surface area contributed by atoms with Gasteiger partial charge >= 0.3 is 0 Å². The molecule has 0 aliphatic carbocycles. The summed E-state index contributed by atoms with van der Waals surface area (Å²) >= 11 is 3.09. The van der Waals surface area contributed by atoms with E-state index < -0.39 is 5.95 Å². The predicted molar refractivity (Wildman–Crippen MR) is 70.6 cm³/mol. The lowest BCUT2D eigenvalue weighted by Gasteiger charge is -2.14. The number of ketones is 1. The Hall–Kier alpha value is -1.49. The first-order chi connectivity index (χ1) is 8.63. The third kappa shape index (κ3) is 2.51. The highest BCUT2D eigenvalue weighted by Crippen LogP contribution is 2.20. The fraction of sp³-hybridized carbons (Fsp3) is 0.231. The maximum Gasteiger partial charge on any atom is 0.233 e. The smallest absolute Gasteiger partial charge is 0.233 e. The quantitative estimate of drug-likeness (QED) is 0.642. The topological polar surface area (TPSA) is 34.9 Å². The summed E-state index contributed by atoms with van der Waals surface area (Å²) in [5, 5.41) is 3.92. The average molecular weight is 311 g/mol. The summed E-state index contributed by atoms with van der Waals surface area (Å²) in [6.07, 6.45) is 0. The molecule has 0 amide bonds. The van der Waals surface area contributed by atoms with Crippen LogP contribution >= 0.6 is 15.9 Å². The molecule has 18 heavy (non-hydrogen) atoms. The predicted octanol–water partition coefficient (Wildman–Crippen LogP) is 3.21. The van der Waals surface area contributed by atoms with Crippen LogP contribution in [-0.4, -0.2) is 20.9 Å². The number of alkyl halides is 1. The van der Waals surface area contributed by atoms with Gasteiger partial charge in [-0.25, -0.2) is 0 Å². The van der Waals surface area contributed by atoms with Gasteiger partial charge in [-0.2, -0.15) is 4.39 Å². The van der Waals surface area contributed by atoms with Crippen LogP contribution in [0.1, 0.15) is 29.0 Å². The molecule has 0 fully saturated rings. The number of benzene rings is 1. The van der Waals surface area contributed by atoms with E-state index in [1.807, 2.05) is 37.3 Å². The Morgan fingerprint density at radius 3 is 2.72 bits per heavy atom. The summed E-state index contributed by atoms with van der Waals surface area (Å²) in [7, 11) is 0. The van der Waals surface area contributed by atoms with E-state index in [4.69, 9.17) is 0 Å². The molecular formula is C13H12BrFN2O. The number of Topliss-reactive ketones (excluding diaryl/α,β-unsaturated/α-hetero) is 1. The molecule has 0 saturated heterocycles. The van der Waals surface area contributed by atoms with Crippen molar-refractivity contribution in [3.05, 3.63) is 53.6 Å². The highest BCUT2D eigenvalue weighted by atomic mass is 79.9. The molecule has 0 spiro atoms. The Bertz CT molecular complexity index is 553. The van der Waals surface area contributed by atoms with E-state index in [9.17, 15) is 9.18 Å². The van der Waals surface area contributed by atoms with Crippen molar-refractivity contribution < 1.29 is 9.18 Å². The summed E-state index contributed by atoms with van der Waals surface area (Å²) in [4.78, 5) is 11.7. The number of hydrogen-bond acceptors (Lipinski definition) is 2. The van der Waals surface area contributed by atoms with Crippen LogP contribution in [0.3, 0.4) is 0 Å². The van der Waals surface area contributed by atoms with Gasteiger partial charge in [-0.1, -0.05) is 46.3 Å². The van der Waals surface area contributed by atoms with Crippen LogP contribution in [0.5, 0.6) is 0 Å². The van der Waals surface area contributed by atoms with Crippen molar-refractivity contribution in [3.8, 4) is 0 Å². The first-order valence-electron chi connectivity index (χ1n) is 5.52. The second-order valence-corrected chi connectivity index (χ2v) is 4.50. The fourth-order valence-electron chi connectivity index (χ4n) is 1.81. The van der Waals surface area contributed by atoms with E-state index in [0.29, 0.717) is 0 Å². The Labute approximate surface area is 113 Å². The Kier molecular flexibility index (Phi) is 3.91. The molecule has 1 aromatic heterocycles. The van der Waals surface area contributed by atoms with Crippen molar-refractivity contribution in [1.82, 2.24) is 9.78 Å². The van der Waals surface area contributed by atoms with Crippen LogP contribution in [0.2, 0.25) is 0 Å². The zero-order valence-corrected chi connectivity index (χ0v) is 11.4. The van der Waals surface area contributed by atoms with E-state index in [0.717, 1.165) is 5.56 Å². The minimum Gasteiger partial charge on any atom is -0.292 e. The molecule has 3 nitrogen and oxygen atoms in total. The van der Waals surface area contributed by atoms with Gasteiger partial charge in [-0.3, -0.25) is 9.48 Å². The molecule has 0 bridgehead atoms. The molecule has 0 aliphatic rings. The molecular weight excluding hydrogens is 299 g/mol.